The number of likely N-dealkylation sites (tertiary alicyclic amines) is 1. The van der Waals surface area contributed by atoms with Gasteiger partial charge < -0.3 is 19.1 Å². The molecule has 0 unspecified atom stereocenters. The van der Waals surface area contributed by atoms with Crippen LogP contribution in [0.25, 0.3) is 0 Å². The highest BCUT2D eigenvalue weighted by Gasteiger charge is 2.24. The normalized spacial score (nSPS) is 14.8. The molecule has 0 bridgehead atoms. The lowest BCUT2D eigenvalue weighted by molar-refractivity contribution is -0.135. The van der Waals surface area contributed by atoms with Crippen molar-refractivity contribution in [2.45, 2.75) is 25.9 Å². The zero-order valence-electron chi connectivity index (χ0n) is 15.2. The summed E-state index contributed by atoms with van der Waals surface area (Å²) in [5, 5.41) is 0. The molecule has 138 valence electrons. The molecular formula is C20H24N2O4. The molecule has 3 rings (SSSR count). The molecule has 1 aliphatic heterocycles. The molecule has 0 atom stereocenters. The van der Waals surface area contributed by atoms with Gasteiger partial charge in [0, 0.05) is 37.7 Å². The van der Waals surface area contributed by atoms with E-state index < -0.39 is 0 Å². The summed E-state index contributed by atoms with van der Waals surface area (Å²) in [4.78, 5) is 18.4. The van der Waals surface area contributed by atoms with E-state index >= 15 is 0 Å². The number of hydrogen-bond acceptors (Lipinski definition) is 5. The van der Waals surface area contributed by atoms with E-state index in [0.29, 0.717) is 24.6 Å². The third kappa shape index (κ3) is 4.88. The van der Waals surface area contributed by atoms with E-state index in [1.54, 1.807) is 19.4 Å². The number of ether oxygens (including phenoxy) is 3. The number of hydrogen-bond donors (Lipinski definition) is 0. The predicted molar refractivity (Wildman–Crippen MR) is 97.7 cm³/mol. The van der Waals surface area contributed by atoms with Gasteiger partial charge in [-0.05, 0) is 31.2 Å². The summed E-state index contributed by atoms with van der Waals surface area (Å²) in [6.07, 6.45) is 3.47. The minimum absolute atomic E-state index is 0.0109. The van der Waals surface area contributed by atoms with E-state index in [1.807, 2.05) is 42.2 Å². The van der Waals surface area contributed by atoms with E-state index in [4.69, 9.17) is 14.2 Å². The van der Waals surface area contributed by atoms with Crippen LogP contribution in [0.2, 0.25) is 0 Å². The van der Waals surface area contributed by atoms with Gasteiger partial charge in [0.15, 0.2) is 6.61 Å². The quantitative estimate of drug-likeness (QED) is 0.796. The molecule has 2 aromatic rings. The molecule has 0 radical (unpaired) electrons. The zero-order valence-corrected chi connectivity index (χ0v) is 15.2. The number of rotatable bonds is 6. The van der Waals surface area contributed by atoms with Crippen LogP contribution in [0, 0.1) is 6.92 Å². The van der Waals surface area contributed by atoms with E-state index in [-0.39, 0.29) is 18.6 Å². The van der Waals surface area contributed by atoms with Gasteiger partial charge >= 0.3 is 0 Å². The number of carbonyl (C=O) groups is 1. The smallest absolute Gasteiger partial charge is 0.260 e. The third-order valence-electron chi connectivity index (χ3n) is 4.39. The van der Waals surface area contributed by atoms with Crippen LogP contribution in [0.3, 0.4) is 0 Å². The molecule has 1 aromatic carbocycles. The van der Waals surface area contributed by atoms with Crippen LogP contribution in [0.15, 0.2) is 42.6 Å². The van der Waals surface area contributed by atoms with Gasteiger partial charge in [0.2, 0.25) is 0 Å². The van der Waals surface area contributed by atoms with Gasteiger partial charge in [-0.15, -0.1) is 0 Å². The van der Waals surface area contributed by atoms with Crippen LogP contribution in [-0.4, -0.2) is 48.7 Å². The van der Waals surface area contributed by atoms with Crippen molar-refractivity contribution in [3.05, 3.63) is 48.3 Å². The standard InChI is InChI=1S/C20H24N2O4/c1-15-6-7-19(13-21-15)26-16-8-10-22(11-9-16)20(23)14-25-18-5-3-4-17(12-18)24-2/h3-7,12-13,16H,8-11,14H2,1-2H3. The highest BCUT2D eigenvalue weighted by atomic mass is 16.5. The molecule has 1 saturated heterocycles. The third-order valence-corrected chi connectivity index (χ3v) is 4.39. The lowest BCUT2D eigenvalue weighted by atomic mass is 10.1. The Bertz CT molecular complexity index is 725. The fourth-order valence-electron chi connectivity index (χ4n) is 2.87. The van der Waals surface area contributed by atoms with Crippen molar-refractivity contribution in [2.24, 2.45) is 0 Å². The van der Waals surface area contributed by atoms with Crippen molar-refractivity contribution in [3.8, 4) is 17.2 Å². The Labute approximate surface area is 153 Å². The molecule has 26 heavy (non-hydrogen) atoms. The van der Waals surface area contributed by atoms with E-state index in [1.165, 1.54) is 0 Å². The molecule has 1 aliphatic rings. The highest BCUT2D eigenvalue weighted by molar-refractivity contribution is 5.77. The number of pyridine rings is 1. The first-order chi connectivity index (χ1) is 12.6. The molecule has 0 aliphatic carbocycles. The first kappa shape index (κ1) is 18.0. The van der Waals surface area contributed by atoms with Crippen molar-refractivity contribution < 1.29 is 19.0 Å². The minimum atomic E-state index is -0.0109. The van der Waals surface area contributed by atoms with Crippen molar-refractivity contribution in [3.63, 3.8) is 0 Å². The highest BCUT2D eigenvalue weighted by Crippen LogP contribution is 2.20. The summed E-state index contributed by atoms with van der Waals surface area (Å²) in [6.45, 7) is 3.32. The van der Waals surface area contributed by atoms with Gasteiger partial charge in [0.25, 0.3) is 5.91 Å². The van der Waals surface area contributed by atoms with Gasteiger partial charge in [-0.3, -0.25) is 9.78 Å². The Morgan fingerprint density at radius 2 is 1.92 bits per heavy atom. The number of methoxy groups -OCH3 is 1. The van der Waals surface area contributed by atoms with Gasteiger partial charge in [-0.2, -0.15) is 0 Å². The maximum absolute atomic E-state index is 12.3. The topological polar surface area (TPSA) is 60.9 Å². The fourth-order valence-corrected chi connectivity index (χ4v) is 2.87. The van der Waals surface area contributed by atoms with Crippen LogP contribution in [0.4, 0.5) is 0 Å². The number of amides is 1. The molecule has 6 heteroatoms. The molecule has 1 amide bonds. The van der Waals surface area contributed by atoms with Gasteiger partial charge in [-0.1, -0.05) is 6.07 Å². The molecule has 0 saturated carbocycles. The van der Waals surface area contributed by atoms with Crippen LogP contribution in [-0.2, 0) is 4.79 Å². The second kappa shape index (κ2) is 8.56. The lowest BCUT2D eigenvalue weighted by Crippen LogP contribution is -2.43. The monoisotopic (exact) mass is 356 g/mol. The molecular weight excluding hydrogens is 332 g/mol. The summed E-state index contributed by atoms with van der Waals surface area (Å²) in [6, 6.07) is 11.1. The molecule has 6 nitrogen and oxygen atoms in total. The maximum Gasteiger partial charge on any atom is 0.260 e. The molecule has 1 fully saturated rings. The average molecular weight is 356 g/mol. The van der Waals surface area contributed by atoms with E-state index in [9.17, 15) is 4.79 Å². The number of aromatic nitrogens is 1. The van der Waals surface area contributed by atoms with Crippen LogP contribution >= 0.6 is 0 Å². The lowest BCUT2D eigenvalue weighted by Gasteiger charge is -2.32. The molecule has 0 N–H and O–H groups in total. The van der Waals surface area contributed by atoms with Gasteiger partial charge in [0.05, 0.1) is 13.3 Å². The van der Waals surface area contributed by atoms with E-state index in [2.05, 4.69) is 4.98 Å². The Balaban J connectivity index is 1.43. The second-order valence-electron chi connectivity index (χ2n) is 6.30. The number of aryl methyl sites for hydroxylation is 1. The zero-order chi connectivity index (χ0) is 18.4. The van der Waals surface area contributed by atoms with Crippen molar-refractivity contribution >= 4 is 5.91 Å². The first-order valence-corrected chi connectivity index (χ1v) is 8.78. The van der Waals surface area contributed by atoms with Crippen LogP contribution in [0.1, 0.15) is 18.5 Å². The number of benzene rings is 1. The Hall–Kier alpha value is -2.76. The molecule has 0 spiro atoms. The summed E-state index contributed by atoms with van der Waals surface area (Å²) < 4.78 is 16.7. The Morgan fingerprint density at radius 3 is 2.62 bits per heavy atom. The largest absolute Gasteiger partial charge is 0.497 e. The predicted octanol–water partition coefficient (Wildman–Crippen LogP) is 2.85. The van der Waals surface area contributed by atoms with Gasteiger partial charge in [0.1, 0.15) is 23.4 Å². The summed E-state index contributed by atoms with van der Waals surface area (Å²) in [5.74, 6) is 2.10. The SMILES string of the molecule is COc1cccc(OCC(=O)N2CCC(Oc3ccc(C)nc3)CC2)c1. The van der Waals surface area contributed by atoms with Crippen molar-refractivity contribution in [1.82, 2.24) is 9.88 Å². The summed E-state index contributed by atoms with van der Waals surface area (Å²) in [5.41, 5.74) is 0.966. The summed E-state index contributed by atoms with van der Waals surface area (Å²) >= 11 is 0. The second-order valence-corrected chi connectivity index (χ2v) is 6.30. The summed E-state index contributed by atoms with van der Waals surface area (Å²) in [7, 11) is 1.60. The Kier molecular flexibility index (Phi) is 5.94. The fraction of sp³-hybridized carbons (Fsp3) is 0.400. The minimum Gasteiger partial charge on any atom is -0.497 e. The Morgan fingerprint density at radius 1 is 1.15 bits per heavy atom. The van der Waals surface area contributed by atoms with Crippen molar-refractivity contribution in [1.29, 1.82) is 0 Å². The number of carbonyl (C=O) groups excluding carboxylic acids is 1. The van der Waals surface area contributed by atoms with Crippen LogP contribution in [0.5, 0.6) is 17.2 Å². The van der Waals surface area contributed by atoms with Gasteiger partial charge in [-0.25, -0.2) is 0 Å². The van der Waals surface area contributed by atoms with Crippen LogP contribution < -0.4 is 14.2 Å². The molecule has 1 aromatic heterocycles. The van der Waals surface area contributed by atoms with Crippen molar-refractivity contribution in [2.75, 3.05) is 26.8 Å². The average Bonchev–Trinajstić information content (AvgIpc) is 2.68. The maximum atomic E-state index is 12.3. The number of piperidine rings is 1. The molecule has 2 heterocycles. The first-order valence-electron chi connectivity index (χ1n) is 8.78. The number of nitrogens with zero attached hydrogens (tertiary/aromatic N) is 2. The van der Waals surface area contributed by atoms with E-state index in [0.717, 1.165) is 24.3 Å².